The van der Waals surface area contributed by atoms with E-state index in [1.54, 1.807) is 6.92 Å². The van der Waals surface area contributed by atoms with Gasteiger partial charge in [-0.25, -0.2) is 0 Å². The molecule has 0 radical (unpaired) electrons. The third-order valence-electron chi connectivity index (χ3n) is 4.48. The van der Waals surface area contributed by atoms with Gasteiger partial charge in [0.15, 0.2) is 5.79 Å². The van der Waals surface area contributed by atoms with Gasteiger partial charge in [0.25, 0.3) is 0 Å². The van der Waals surface area contributed by atoms with E-state index in [0.29, 0.717) is 6.42 Å². The van der Waals surface area contributed by atoms with Gasteiger partial charge in [-0.3, -0.25) is 0 Å². The van der Waals surface area contributed by atoms with Crippen molar-refractivity contribution < 1.29 is 19.3 Å². The maximum atomic E-state index is 9.97. The van der Waals surface area contributed by atoms with Crippen LogP contribution < -0.4 is 0 Å². The molecule has 1 aromatic carbocycles. The maximum absolute atomic E-state index is 9.97. The van der Waals surface area contributed by atoms with Gasteiger partial charge in [0.1, 0.15) is 6.10 Å². The summed E-state index contributed by atoms with van der Waals surface area (Å²) < 4.78 is 17.8. The van der Waals surface area contributed by atoms with E-state index in [2.05, 4.69) is 25.1 Å². The molecular formula is C20H32O4. The third-order valence-corrected chi connectivity index (χ3v) is 4.48. The van der Waals surface area contributed by atoms with Crippen molar-refractivity contribution in [1.29, 1.82) is 0 Å². The number of aliphatic hydroxyl groups excluding tert-OH is 1. The molecule has 4 heteroatoms. The molecule has 0 saturated carbocycles. The van der Waals surface area contributed by atoms with E-state index in [1.165, 1.54) is 16.7 Å². The molecule has 1 saturated heterocycles. The molecular weight excluding hydrogens is 304 g/mol. The predicted octanol–water partition coefficient (Wildman–Crippen LogP) is 3.93. The minimum absolute atomic E-state index is 0.00750. The first-order chi connectivity index (χ1) is 11.4. The highest BCUT2D eigenvalue weighted by atomic mass is 16.8. The van der Waals surface area contributed by atoms with Crippen molar-refractivity contribution in [2.75, 3.05) is 6.61 Å². The summed E-state index contributed by atoms with van der Waals surface area (Å²) in [5.74, 6) is -0.656. The lowest BCUT2D eigenvalue weighted by atomic mass is 9.91. The van der Waals surface area contributed by atoms with Crippen LogP contribution >= 0.6 is 0 Å². The van der Waals surface area contributed by atoms with Crippen LogP contribution in [-0.4, -0.2) is 35.8 Å². The molecule has 2 aliphatic rings. The lowest BCUT2D eigenvalue weighted by molar-refractivity contribution is -0.156. The Morgan fingerprint density at radius 1 is 1.25 bits per heavy atom. The lowest BCUT2D eigenvalue weighted by Crippen LogP contribution is -2.35. The van der Waals surface area contributed by atoms with E-state index in [1.807, 2.05) is 27.7 Å². The highest BCUT2D eigenvalue weighted by Gasteiger charge is 2.44. The van der Waals surface area contributed by atoms with Crippen LogP contribution in [0.4, 0.5) is 0 Å². The molecule has 0 spiro atoms. The van der Waals surface area contributed by atoms with Gasteiger partial charge in [-0.05, 0) is 45.2 Å². The molecule has 0 aliphatic carbocycles. The van der Waals surface area contributed by atoms with Crippen LogP contribution in [0.1, 0.15) is 63.8 Å². The Bertz CT molecular complexity index is 538. The molecule has 4 nitrogen and oxygen atoms in total. The van der Waals surface area contributed by atoms with Gasteiger partial charge in [0.2, 0.25) is 0 Å². The maximum Gasteiger partial charge on any atom is 0.163 e. The van der Waals surface area contributed by atoms with E-state index < -0.39 is 11.9 Å². The number of benzene rings is 1. The van der Waals surface area contributed by atoms with Gasteiger partial charge in [-0.1, -0.05) is 37.6 Å². The fourth-order valence-corrected chi connectivity index (χ4v) is 3.53. The first-order valence-corrected chi connectivity index (χ1v) is 9.10. The molecule has 1 fully saturated rings. The lowest BCUT2D eigenvalue weighted by Gasteiger charge is -2.30. The van der Waals surface area contributed by atoms with Crippen molar-refractivity contribution in [2.45, 2.75) is 84.6 Å². The summed E-state index contributed by atoms with van der Waals surface area (Å²) >= 11 is 0. The van der Waals surface area contributed by atoms with Crippen molar-refractivity contribution in [3.8, 4) is 0 Å². The Kier molecular flexibility index (Phi) is 6.43. The third kappa shape index (κ3) is 4.37. The Hall–Kier alpha value is -0.940. The summed E-state index contributed by atoms with van der Waals surface area (Å²) in [6.07, 6.45) is 0.637. The predicted molar refractivity (Wildman–Crippen MR) is 95.0 cm³/mol. The Morgan fingerprint density at radius 3 is 2.62 bits per heavy atom. The van der Waals surface area contributed by atoms with Crippen LogP contribution in [0.3, 0.4) is 0 Å². The summed E-state index contributed by atoms with van der Waals surface area (Å²) in [4.78, 5) is 0. The van der Waals surface area contributed by atoms with Gasteiger partial charge in [0.05, 0.1) is 24.9 Å². The smallest absolute Gasteiger partial charge is 0.163 e. The quantitative estimate of drug-likeness (QED) is 0.909. The minimum atomic E-state index is -0.656. The van der Waals surface area contributed by atoms with E-state index in [4.69, 9.17) is 14.2 Å². The second kappa shape index (κ2) is 7.96. The summed E-state index contributed by atoms with van der Waals surface area (Å²) in [7, 11) is 0. The first kappa shape index (κ1) is 19.4. The highest BCUT2D eigenvalue weighted by Crippen LogP contribution is 2.38. The zero-order valence-corrected chi connectivity index (χ0v) is 15.8. The van der Waals surface area contributed by atoms with Crippen molar-refractivity contribution in [3.05, 3.63) is 34.9 Å². The number of hydrogen-bond acceptors (Lipinski definition) is 4. The van der Waals surface area contributed by atoms with Crippen molar-refractivity contribution >= 4 is 0 Å². The average molecular weight is 336 g/mol. The molecule has 0 bridgehead atoms. The van der Waals surface area contributed by atoms with Crippen LogP contribution in [0.5, 0.6) is 0 Å². The molecule has 4 atom stereocenters. The summed E-state index contributed by atoms with van der Waals surface area (Å²) in [5, 5.41) is 9.97. The first-order valence-electron chi connectivity index (χ1n) is 9.10. The molecule has 24 heavy (non-hydrogen) atoms. The minimum Gasteiger partial charge on any atom is -0.391 e. The van der Waals surface area contributed by atoms with Gasteiger partial charge >= 0.3 is 0 Å². The van der Waals surface area contributed by atoms with Crippen molar-refractivity contribution in [2.24, 2.45) is 0 Å². The molecule has 2 aliphatic heterocycles. The molecule has 2 heterocycles. The van der Waals surface area contributed by atoms with Gasteiger partial charge in [-0.2, -0.15) is 0 Å². The zero-order chi connectivity index (χ0) is 17.9. The standard InChI is InChI=1S/C18H26O4.C2H6/c1-11-5-6-14-13(9-11)7-8-20-15(14)10-16-17(12(2)19)22-18(3,4)21-16;1-2/h5-6,9,12,15-17,19H,7-8,10H2,1-4H3;1-2H3/t12-,15+,16-,17+;/m1./s1. The van der Waals surface area contributed by atoms with E-state index >= 15 is 0 Å². The number of fused-ring (bicyclic) bond motifs is 1. The highest BCUT2D eigenvalue weighted by molar-refractivity contribution is 5.34. The Morgan fingerprint density at radius 2 is 1.96 bits per heavy atom. The monoisotopic (exact) mass is 336 g/mol. The van der Waals surface area contributed by atoms with Crippen LogP contribution in [0.15, 0.2) is 18.2 Å². The van der Waals surface area contributed by atoms with Crippen molar-refractivity contribution in [1.82, 2.24) is 0 Å². The van der Waals surface area contributed by atoms with E-state index in [-0.39, 0.29) is 18.3 Å². The second-order valence-electron chi connectivity index (χ2n) is 6.93. The molecule has 0 aromatic heterocycles. The molecule has 1 aromatic rings. The second-order valence-corrected chi connectivity index (χ2v) is 6.93. The SMILES string of the molecule is CC.Cc1ccc2c(c1)CCO[C@H]2C[C@H]1OC(C)(C)O[C@H]1[C@@H](C)O. The normalized spacial score (nSPS) is 29.4. The molecule has 1 N–H and O–H groups in total. The van der Waals surface area contributed by atoms with Crippen LogP contribution in [-0.2, 0) is 20.6 Å². The number of hydrogen-bond donors (Lipinski definition) is 1. The largest absolute Gasteiger partial charge is 0.391 e. The van der Waals surface area contributed by atoms with Crippen LogP contribution in [0.2, 0.25) is 0 Å². The van der Waals surface area contributed by atoms with Gasteiger partial charge in [-0.15, -0.1) is 0 Å². The number of aryl methyl sites for hydroxylation is 1. The van der Waals surface area contributed by atoms with Gasteiger partial charge in [0, 0.05) is 6.42 Å². The van der Waals surface area contributed by atoms with Crippen molar-refractivity contribution in [3.63, 3.8) is 0 Å². The molecule has 136 valence electrons. The molecule has 0 amide bonds. The van der Waals surface area contributed by atoms with Gasteiger partial charge < -0.3 is 19.3 Å². The number of aliphatic hydroxyl groups is 1. The molecule has 0 unspecified atom stereocenters. The number of ether oxygens (including phenoxy) is 3. The zero-order valence-electron chi connectivity index (χ0n) is 15.8. The fourth-order valence-electron chi connectivity index (χ4n) is 3.53. The average Bonchev–Trinajstić information content (AvgIpc) is 2.84. The summed E-state index contributed by atoms with van der Waals surface area (Å²) in [5.41, 5.74) is 3.89. The van der Waals surface area contributed by atoms with Crippen LogP contribution in [0, 0.1) is 6.92 Å². The fraction of sp³-hybridized carbons (Fsp3) is 0.700. The summed E-state index contributed by atoms with van der Waals surface area (Å²) in [6, 6.07) is 6.53. The molecule has 3 rings (SSSR count). The van der Waals surface area contributed by atoms with E-state index in [9.17, 15) is 5.11 Å². The summed E-state index contributed by atoms with van der Waals surface area (Å²) in [6.45, 7) is 12.4. The number of rotatable bonds is 3. The van der Waals surface area contributed by atoms with Crippen LogP contribution in [0.25, 0.3) is 0 Å². The Balaban J connectivity index is 0.00000100. The topological polar surface area (TPSA) is 47.9 Å². The van der Waals surface area contributed by atoms with E-state index in [0.717, 1.165) is 13.0 Å². The Labute approximate surface area is 146 Å².